The summed E-state index contributed by atoms with van der Waals surface area (Å²) in [5.41, 5.74) is 6.05. The minimum Gasteiger partial charge on any atom is -0.288 e. The molecule has 3 aromatic carbocycles. The van der Waals surface area contributed by atoms with Gasteiger partial charge in [-0.05, 0) is 65.3 Å². The van der Waals surface area contributed by atoms with Crippen LogP contribution >= 0.6 is 11.8 Å². The van der Waals surface area contributed by atoms with Crippen LogP contribution in [0.15, 0.2) is 71.1 Å². The Morgan fingerprint density at radius 2 is 1.41 bits per heavy atom. The number of rotatable bonds is 2. The molecule has 1 aliphatic rings. The number of hydrogen-bond acceptors (Lipinski definition) is 4. The molecule has 0 unspecified atom stereocenters. The fraction of sp³-hybridized carbons (Fsp3) is 0.0800. The third-order valence-electron chi connectivity index (χ3n) is 5.12. The standard InChI is InChI=1S/C25H16N2OS/c1-15-3-9-20-22(11-15)23-12-17(16-4-7-19(29-2)8-5-16)6-10-21(23)25(28)24(20)18(13-26)14-27/h3-12H,1-2H3. The summed E-state index contributed by atoms with van der Waals surface area (Å²) in [6, 6.07) is 23.5. The van der Waals surface area contributed by atoms with Crippen molar-refractivity contribution in [3.63, 3.8) is 0 Å². The van der Waals surface area contributed by atoms with E-state index >= 15 is 0 Å². The molecule has 138 valence electrons. The van der Waals surface area contributed by atoms with Crippen molar-refractivity contribution in [3.05, 3.63) is 82.9 Å². The van der Waals surface area contributed by atoms with E-state index in [4.69, 9.17) is 0 Å². The van der Waals surface area contributed by atoms with Crippen LogP contribution in [0.3, 0.4) is 0 Å². The van der Waals surface area contributed by atoms with E-state index in [1.807, 2.05) is 55.6 Å². The lowest BCUT2D eigenvalue weighted by Crippen LogP contribution is -2.13. The number of ketones is 1. The Morgan fingerprint density at radius 1 is 0.793 bits per heavy atom. The zero-order valence-electron chi connectivity index (χ0n) is 16.0. The van der Waals surface area contributed by atoms with E-state index in [-0.39, 0.29) is 16.9 Å². The van der Waals surface area contributed by atoms with Crippen molar-refractivity contribution in [3.8, 4) is 34.4 Å². The van der Waals surface area contributed by atoms with Gasteiger partial charge in [-0.3, -0.25) is 4.79 Å². The van der Waals surface area contributed by atoms with Crippen molar-refractivity contribution < 1.29 is 4.79 Å². The van der Waals surface area contributed by atoms with Gasteiger partial charge in [-0.15, -0.1) is 11.8 Å². The molecular formula is C25H16N2OS. The van der Waals surface area contributed by atoms with Gasteiger partial charge in [-0.25, -0.2) is 0 Å². The molecule has 4 heteroatoms. The first-order chi connectivity index (χ1) is 14.1. The Bertz CT molecular complexity index is 1260. The number of Topliss-reactive ketones (excluding diaryl/α,β-unsaturated/α-hetero) is 1. The van der Waals surface area contributed by atoms with E-state index in [1.54, 1.807) is 17.8 Å². The van der Waals surface area contributed by atoms with E-state index in [0.717, 1.165) is 27.8 Å². The first-order valence-electron chi connectivity index (χ1n) is 9.06. The molecule has 0 saturated carbocycles. The normalized spacial score (nSPS) is 11.9. The lowest BCUT2D eigenvalue weighted by atomic mass is 9.78. The highest BCUT2D eigenvalue weighted by Gasteiger charge is 2.30. The lowest BCUT2D eigenvalue weighted by molar-refractivity contribution is 0.105. The topological polar surface area (TPSA) is 64.7 Å². The second-order valence-corrected chi connectivity index (χ2v) is 7.72. The summed E-state index contributed by atoms with van der Waals surface area (Å²) in [7, 11) is 0. The fourth-order valence-electron chi connectivity index (χ4n) is 3.67. The van der Waals surface area contributed by atoms with Crippen LogP contribution < -0.4 is 0 Å². The van der Waals surface area contributed by atoms with E-state index in [0.29, 0.717) is 11.1 Å². The maximum Gasteiger partial charge on any atom is 0.196 e. The van der Waals surface area contributed by atoms with Crippen molar-refractivity contribution in [1.82, 2.24) is 0 Å². The largest absolute Gasteiger partial charge is 0.288 e. The van der Waals surface area contributed by atoms with Gasteiger partial charge in [0.2, 0.25) is 0 Å². The lowest BCUT2D eigenvalue weighted by Gasteiger charge is -2.23. The number of allylic oxidation sites excluding steroid dienone is 2. The Labute approximate surface area is 173 Å². The van der Waals surface area contributed by atoms with Gasteiger partial charge in [0.25, 0.3) is 0 Å². The number of carbonyl (C=O) groups is 1. The van der Waals surface area contributed by atoms with Crippen molar-refractivity contribution in [2.75, 3.05) is 6.26 Å². The Kier molecular flexibility index (Phi) is 4.80. The molecule has 0 heterocycles. The molecule has 0 N–H and O–H groups in total. The molecule has 0 fully saturated rings. The summed E-state index contributed by atoms with van der Waals surface area (Å²) in [6.45, 7) is 1.99. The molecule has 0 radical (unpaired) electrons. The van der Waals surface area contributed by atoms with Crippen LogP contribution in [0.25, 0.3) is 27.8 Å². The van der Waals surface area contributed by atoms with Crippen LogP contribution in [-0.2, 0) is 0 Å². The van der Waals surface area contributed by atoms with E-state index in [2.05, 4.69) is 24.3 Å². The smallest absolute Gasteiger partial charge is 0.196 e. The Morgan fingerprint density at radius 3 is 2.07 bits per heavy atom. The minimum atomic E-state index is -0.279. The first-order valence-corrected chi connectivity index (χ1v) is 10.3. The summed E-state index contributed by atoms with van der Waals surface area (Å²) in [5.74, 6) is -0.279. The summed E-state index contributed by atoms with van der Waals surface area (Å²) in [5, 5.41) is 18.8. The van der Waals surface area contributed by atoms with Gasteiger partial charge in [0.15, 0.2) is 5.78 Å². The Hall–Kier alpha value is -3.60. The predicted octanol–water partition coefficient (Wildman–Crippen LogP) is 6.05. The molecule has 0 aromatic heterocycles. The quantitative estimate of drug-likeness (QED) is 0.303. The minimum absolute atomic E-state index is 0.150. The highest BCUT2D eigenvalue weighted by molar-refractivity contribution is 7.98. The van der Waals surface area contributed by atoms with Gasteiger partial charge in [0, 0.05) is 10.5 Å². The highest BCUT2D eigenvalue weighted by Crippen LogP contribution is 2.42. The molecule has 0 spiro atoms. The number of aryl methyl sites for hydroxylation is 1. The van der Waals surface area contributed by atoms with Crippen LogP contribution in [0, 0.1) is 29.6 Å². The van der Waals surface area contributed by atoms with Crippen LogP contribution in [-0.4, -0.2) is 12.0 Å². The number of carbonyl (C=O) groups excluding carboxylic acids is 1. The number of benzene rings is 3. The van der Waals surface area contributed by atoms with Gasteiger partial charge >= 0.3 is 0 Å². The van der Waals surface area contributed by atoms with Gasteiger partial charge < -0.3 is 0 Å². The molecule has 0 saturated heterocycles. The van der Waals surface area contributed by atoms with Crippen molar-refractivity contribution in [1.29, 1.82) is 10.5 Å². The zero-order valence-corrected chi connectivity index (χ0v) is 16.8. The average Bonchev–Trinajstić information content (AvgIpc) is 2.76. The average molecular weight is 392 g/mol. The molecule has 0 aliphatic heterocycles. The van der Waals surface area contributed by atoms with Gasteiger partial charge in [-0.1, -0.05) is 42.0 Å². The zero-order chi connectivity index (χ0) is 20.5. The molecule has 29 heavy (non-hydrogen) atoms. The molecule has 3 aromatic rings. The number of hydrogen-bond donors (Lipinski definition) is 0. The van der Waals surface area contributed by atoms with E-state index in [9.17, 15) is 15.3 Å². The third-order valence-corrected chi connectivity index (χ3v) is 5.87. The molecule has 0 bridgehead atoms. The third kappa shape index (κ3) is 3.14. The summed E-state index contributed by atoms with van der Waals surface area (Å²) >= 11 is 1.69. The molecule has 3 nitrogen and oxygen atoms in total. The van der Waals surface area contributed by atoms with Crippen molar-refractivity contribution in [2.24, 2.45) is 0 Å². The molecule has 1 aliphatic carbocycles. The second kappa shape index (κ2) is 7.43. The maximum atomic E-state index is 13.2. The summed E-state index contributed by atoms with van der Waals surface area (Å²) in [4.78, 5) is 14.4. The van der Waals surface area contributed by atoms with Gasteiger partial charge in [0.1, 0.15) is 17.7 Å². The highest BCUT2D eigenvalue weighted by atomic mass is 32.2. The molecule has 4 rings (SSSR count). The number of nitriles is 2. The monoisotopic (exact) mass is 392 g/mol. The summed E-state index contributed by atoms with van der Waals surface area (Å²) in [6.07, 6.45) is 2.04. The first kappa shape index (κ1) is 18.7. The number of fused-ring (bicyclic) bond motifs is 3. The maximum absolute atomic E-state index is 13.2. The van der Waals surface area contributed by atoms with E-state index in [1.165, 1.54) is 4.90 Å². The van der Waals surface area contributed by atoms with E-state index < -0.39 is 0 Å². The van der Waals surface area contributed by atoms with Gasteiger partial charge in [0.05, 0.1) is 5.57 Å². The molecule has 0 amide bonds. The van der Waals surface area contributed by atoms with Crippen LogP contribution in [0.5, 0.6) is 0 Å². The Balaban J connectivity index is 1.97. The molecular weight excluding hydrogens is 376 g/mol. The van der Waals surface area contributed by atoms with Crippen molar-refractivity contribution >= 4 is 23.1 Å². The fourth-order valence-corrected chi connectivity index (χ4v) is 4.08. The van der Waals surface area contributed by atoms with Gasteiger partial charge in [-0.2, -0.15) is 10.5 Å². The number of nitrogens with zero attached hydrogens (tertiary/aromatic N) is 2. The van der Waals surface area contributed by atoms with Crippen LogP contribution in [0.2, 0.25) is 0 Å². The SMILES string of the molecule is CSc1ccc(-c2ccc3c(c2)-c2cc(C)ccc2C(=C(C#N)C#N)C3=O)cc1. The number of thioether (sulfide) groups is 1. The van der Waals surface area contributed by atoms with Crippen LogP contribution in [0.1, 0.15) is 21.5 Å². The summed E-state index contributed by atoms with van der Waals surface area (Å²) < 4.78 is 0. The second-order valence-electron chi connectivity index (χ2n) is 6.84. The van der Waals surface area contributed by atoms with Crippen LogP contribution in [0.4, 0.5) is 0 Å². The predicted molar refractivity (Wildman–Crippen MR) is 116 cm³/mol. The van der Waals surface area contributed by atoms with Crippen molar-refractivity contribution in [2.45, 2.75) is 11.8 Å². The molecule has 0 atom stereocenters.